The van der Waals surface area contributed by atoms with Gasteiger partial charge in [-0.2, -0.15) is 0 Å². The van der Waals surface area contributed by atoms with Gasteiger partial charge in [0, 0.05) is 21.9 Å². The van der Waals surface area contributed by atoms with Gasteiger partial charge in [-0.25, -0.2) is 0 Å². The van der Waals surface area contributed by atoms with Crippen LogP contribution in [0, 0.1) is 10.1 Å². The Balaban J connectivity index is 1.53. The first-order chi connectivity index (χ1) is 15.8. The Hall–Kier alpha value is -4.24. The minimum absolute atomic E-state index is 0.106. The molecule has 0 fully saturated rings. The number of para-hydroxylation sites is 2. The summed E-state index contributed by atoms with van der Waals surface area (Å²) in [5.41, 5.74) is 0.513. The standard InChI is InChI=1S/C23H16ClN3O6/c24-14-9-10-20(27(31)32)17(11-14)25-21(28)13-33-22(29)12-26-18-7-3-1-5-15(18)23(30)16-6-2-4-8-19(16)26/h1-11H,12-13H2,(H,25,28). The molecule has 0 aliphatic rings. The molecule has 0 aliphatic carbocycles. The number of rotatable bonds is 6. The van der Waals surface area contributed by atoms with Crippen molar-refractivity contribution in [3.05, 3.63) is 92.1 Å². The molecule has 166 valence electrons. The van der Waals surface area contributed by atoms with E-state index in [1.807, 2.05) is 0 Å². The van der Waals surface area contributed by atoms with Crippen molar-refractivity contribution in [1.82, 2.24) is 4.57 Å². The van der Waals surface area contributed by atoms with Crippen molar-refractivity contribution in [2.24, 2.45) is 0 Å². The fourth-order valence-corrected chi connectivity index (χ4v) is 3.69. The number of carbonyl (C=O) groups is 2. The number of nitrogens with zero attached hydrogens (tertiary/aromatic N) is 2. The number of fused-ring (bicyclic) bond motifs is 2. The third kappa shape index (κ3) is 4.53. The average Bonchev–Trinajstić information content (AvgIpc) is 2.80. The number of aromatic nitrogens is 1. The summed E-state index contributed by atoms with van der Waals surface area (Å²) in [6, 6.07) is 17.5. The number of hydrogen-bond donors (Lipinski definition) is 1. The Morgan fingerprint density at radius 1 is 1.00 bits per heavy atom. The summed E-state index contributed by atoms with van der Waals surface area (Å²) in [6.07, 6.45) is 0. The molecule has 10 heteroatoms. The van der Waals surface area contributed by atoms with Gasteiger partial charge in [0.05, 0.1) is 16.0 Å². The van der Waals surface area contributed by atoms with E-state index in [1.54, 1.807) is 53.1 Å². The molecule has 0 atom stereocenters. The molecule has 0 aliphatic heterocycles. The molecular weight excluding hydrogens is 450 g/mol. The first-order valence-corrected chi connectivity index (χ1v) is 10.1. The summed E-state index contributed by atoms with van der Waals surface area (Å²) < 4.78 is 6.73. The van der Waals surface area contributed by atoms with E-state index in [0.717, 1.165) is 6.07 Å². The first-order valence-electron chi connectivity index (χ1n) is 9.75. The lowest BCUT2D eigenvalue weighted by Crippen LogP contribution is -2.24. The lowest BCUT2D eigenvalue weighted by Gasteiger charge is -2.14. The molecule has 9 nitrogen and oxygen atoms in total. The van der Waals surface area contributed by atoms with Crippen LogP contribution in [-0.4, -0.2) is 28.0 Å². The average molecular weight is 466 g/mol. The fraction of sp³-hybridized carbons (Fsp3) is 0.0870. The van der Waals surface area contributed by atoms with Gasteiger partial charge in [-0.1, -0.05) is 35.9 Å². The Labute approximate surface area is 191 Å². The van der Waals surface area contributed by atoms with Gasteiger partial charge in [-0.05, 0) is 36.4 Å². The molecule has 1 amide bonds. The number of anilines is 1. The molecule has 33 heavy (non-hydrogen) atoms. The number of carbonyl (C=O) groups excluding carboxylic acids is 2. The van der Waals surface area contributed by atoms with Crippen LogP contribution in [0.4, 0.5) is 11.4 Å². The highest BCUT2D eigenvalue weighted by atomic mass is 35.5. The number of amides is 1. The second-order valence-electron chi connectivity index (χ2n) is 7.08. The zero-order valence-electron chi connectivity index (χ0n) is 17.0. The minimum Gasteiger partial charge on any atom is -0.454 e. The van der Waals surface area contributed by atoms with E-state index < -0.39 is 23.4 Å². The van der Waals surface area contributed by atoms with Crippen molar-refractivity contribution in [2.75, 3.05) is 11.9 Å². The van der Waals surface area contributed by atoms with Gasteiger partial charge in [0.2, 0.25) is 0 Å². The van der Waals surface area contributed by atoms with Gasteiger partial charge < -0.3 is 14.6 Å². The van der Waals surface area contributed by atoms with Crippen LogP contribution in [0.3, 0.4) is 0 Å². The van der Waals surface area contributed by atoms with Crippen LogP contribution in [0.25, 0.3) is 21.8 Å². The number of benzene rings is 3. The smallest absolute Gasteiger partial charge is 0.326 e. The quantitative estimate of drug-likeness (QED) is 0.199. The third-order valence-corrected chi connectivity index (χ3v) is 5.19. The predicted octanol–water partition coefficient (Wildman–Crippen LogP) is 3.90. The highest BCUT2D eigenvalue weighted by molar-refractivity contribution is 6.31. The van der Waals surface area contributed by atoms with E-state index in [0.29, 0.717) is 21.8 Å². The maximum atomic E-state index is 12.8. The summed E-state index contributed by atoms with van der Waals surface area (Å²) in [4.78, 5) is 48.0. The lowest BCUT2D eigenvalue weighted by atomic mass is 10.1. The number of nitro groups is 1. The molecule has 1 N–H and O–H groups in total. The van der Waals surface area contributed by atoms with Gasteiger partial charge in [0.1, 0.15) is 12.2 Å². The van der Waals surface area contributed by atoms with Crippen molar-refractivity contribution in [1.29, 1.82) is 0 Å². The largest absolute Gasteiger partial charge is 0.454 e. The van der Waals surface area contributed by atoms with Crippen LogP contribution in [0.5, 0.6) is 0 Å². The minimum atomic E-state index is -0.761. The number of pyridine rings is 1. The molecule has 4 rings (SSSR count). The number of hydrogen-bond acceptors (Lipinski definition) is 6. The lowest BCUT2D eigenvalue weighted by molar-refractivity contribution is -0.383. The summed E-state index contributed by atoms with van der Waals surface area (Å²) in [7, 11) is 0. The van der Waals surface area contributed by atoms with Crippen LogP contribution in [-0.2, 0) is 20.9 Å². The number of ether oxygens (including phenoxy) is 1. The first kappa shape index (κ1) is 22.0. The van der Waals surface area contributed by atoms with Crippen molar-refractivity contribution < 1.29 is 19.2 Å². The second kappa shape index (κ2) is 9.09. The Bertz CT molecular complexity index is 1420. The number of nitrogens with one attached hydrogen (secondary N) is 1. The van der Waals surface area contributed by atoms with E-state index in [-0.39, 0.29) is 28.4 Å². The number of esters is 1. The molecule has 0 radical (unpaired) electrons. The van der Waals surface area contributed by atoms with E-state index in [2.05, 4.69) is 5.32 Å². The van der Waals surface area contributed by atoms with Crippen molar-refractivity contribution in [2.45, 2.75) is 6.54 Å². The fourth-order valence-electron chi connectivity index (χ4n) is 3.52. The van der Waals surface area contributed by atoms with Crippen LogP contribution in [0.15, 0.2) is 71.5 Å². The Kier molecular flexibility index (Phi) is 6.05. The summed E-state index contributed by atoms with van der Waals surface area (Å²) in [5, 5.41) is 14.6. The molecule has 0 bridgehead atoms. The molecule has 1 aromatic heterocycles. The molecular formula is C23H16ClN3O6. The third-order valence-electron chi connectivity index (χ3n) is 4.96. The molecule has 3 aromatic carbocycles. The van der Waals surface area contributed by atoms with Gasteiger partial charge in [0.25, 0.3) is 11.6 Å². The second-order valence-corrected chi connectivity index (χ2v) is 7.51. The summed E-state index contributed by atoms with van der Waals surface area (Å²) in [5.74, 6) is -1.48. The van der Waals surface area contributed by atoms with Crippen molar-refractivity contribution in [3.8, 4) is 0 Å². The molecule has 1 heterocycles. The topological polar surface area (TPSA) is 121 Å². The normalized spacial score (nSPS) is 10.8. The zero-order chi connectivity index (χ0) is 23.5. The highest BCUT2D eigenvalue weighted by Crippen LogP contribution is 2.27. The Morgan fingerprint density at radius 3 is 2.21 bits per heavy atom. The van der Waals surface area contributed by atoms with E-state index in [4.69, 9.17) is 16.3 Å². The van der Waals surface area contributed by atoms with E-state index in [9.17, 15) is 24.5 Å². The molecule has 0 saturated heterocycles. The van der Waals surface area contributed by atoms with Crippen LogP contribution < -0.4 is 10.7 Å². The van der Waals surface area contributed by atoms with Crippen LogP contribution in [0.2, 0.25) is 5.02 Å². The van der Waals surface area contributed by atoms with E-state index >= 15 is 0 Å². The van der Waals surface area contributed by atoms with Gasteiger partial charge in [0.15, 0.2) is 12.0 Å². The van der Waals surface area contributed by atoms with Gasteiger partial charge in [-0.3, -0.25) is 24.5 Å². The SMILES string of the molecule is O=C(COC(=O)Cn1c2ccccc2c(=O)c2ccccc21)Nc1cc(Cl)ccc1[N+](=O)[O-]. The monoisotopic (exact) mass is 465 g/mol. The molecule has 0 unspecified atom stereocenters. The summed E-state index contributed by atoms with van der Waals surface area (Å²) in [6.45, 7) is -0.898. The Morgan fingerprint density at radius 2 is 1.61 bits per heavy atom. The molecule has 0 saturated carbocycles. The van der Waals surface area contributed by atoms with Crippen LogP contribution >= 0.6 is 11.6 Å². The summed E-state index contributed by atoms with van der Waals surface area (Å²) >= 11 is 5.85. The molecule has 4 aromatic rings. The number of halogens is 1. The maximum Gasteiger partial charge on any atom is 0.326 e. The van der Waals surface area contributed by atoms with Gasteiger partial charge in [-0.15, -0.1) is 0 Å². The maximum absolute atomic E-state index is 12.8. The predicted molar refractivity (Wildman–Crippen MR) is 123 cm³/mol. The number of nitro benzene ring substituents is 1. The molecule has 0 spiro atoms. The highest BCUT2D eigenvalue weighted by Gasteiger charge is 2.18. The van der Waals surface area contributed by atoms with Gasteiger partial charge >= 0.3 is 5.97 Å². The van der Waals surface area contributed by atoms with Crippen molar-refractivity contribution >= 4 is 56.7 Å². The zero-order valence-corrected chi connectivity index (χ0v) is 17.7. The van der Waals surface area contributed by atoms with E-state index in [1.165, 1.54) is 12.1 Å². The van der Waals surface area contributed by atoms with Crippen molar-refractivity contribution in [3.63, 3.8) is 0 Å². The van der Waals surface area contributed by atoms with Crippen LogP contribution in [0.1, 0.15) is 0 Å².